The summed E-state index contributed by atoms with van der Waals surface area (Å²) in [5.74, 6) is 2.46. The van der Waals surface area contributed by atoms with Crippen LogP contribution in [0.2, 0.25) is 0 Å². The first-order valence-electron chi connectivity index (χ1n) is 37.6. The maximum atomic E-state index is 12.4. The molecule has 564 valence electrons. The van der Waals surface area contributed by atoms with Crippen molar-refractivity contribution in [2.45, 2.75) is 246 Å². The zero-order chi connectivity index (χ0) is 72.0. The lowest BCUT2D eigenvalue weighted by Gasteiger charge is -2.59. The first-order valence-corrected chi connectivity index (χ1v) is 37.6. The van der Waals surface area contributed by atoms with Crippen LogP contribution in [0, 0.1) is 0 Å². The summed E-state index contributed by atoms with van der Waals surface area (Å²) < 4.78 is 29.4. The highest BCUT2D eigenvalue weighted by molar-refractivity contribution is 5.99. The van der Waals surface area contributed by atoms with E-state index in [2.05, 4.69) is 26.6 Å². The van der Waals surface area contributed by atoms with E-state index in [-0.39, 0.29) is 103 Å². The molecular formula is C82H91N5O20. The molecule has 5 aromatic carbocycles. The summed E-state index contributed by atoms with van der Waals surface area (Å²) in [4.78, 5) is 62.1. The monoisotopic (exact) mass is 1470 g/mol. The Morgan fingerprint density at radius 3 is 0.822 bits per heavy atom. The van der Waals surface area contributed by atoms with Gasteiger partial charge in [-0.1, -0.05) is 45.2 Å². The topological polar surface area (TPSA) is 394 Å². The Morgan fingerprint density at radius 2 is 0.542 bits per heavy atom. The van der Waals surface area contributed by atoms with E-state index in [0.717, 1.165) is 88.4 Å². The zero-order valence-electron chi connectivity index (χ0n) is 57.5. The third kappa shape index (κ3) is 7.91. The van der Waals surface area contributed by atoms with E-state index in [9.17, 15) is 75.0 Å². The minimum Gasteiger partial charge on any atom is -0.504 e. The lowest BCUT2D eigenvalue weighted by molar-refractivity contribution is -0.166. The quantitative estimate of drug-likeness (QED) is 0.106. The van der Waals surface area contributed by atoms with Crippen molar-refractivity contribution >= 4 is 28.9 Å². The number of aliphatic hydroxyl groups is 5. The van der Waals surface area contributed by atoms with Crippen LogP contribution >= 0.6 is 0 Å². The molecule has 5 spiro atoms. The SMILES string of the molecule is C.C.O=C1C=C[C@@]2(O)[C@H]3Cc4ccc(O)c5c4[C@@]2(CCN3)[C@H]1O5.O=C1CC[C@@]2(O)[C@H]3Cc4ccc(O)c5c4[C@@]2(CCN3)[C@H]1O5.O=C1CC[C@@]2(O)[C@H]3Cc4ccc(O)c5c4[C@@]2(CCN3)[C@H]1O5.O=C1CC[C@@]2(O)[C@H]3Cc4ccc(O)c5c4[C@@]2(CCN3)[C@H]1O5.O=C1CC[C@@]2(O)[C@H]3Cc4ccc(O)c5c4[C@@]2(CCN3)[C@H]1O5. The number of hydrogen-bond donors (Lipinski definition) is 15. The molecule has 20 atom stereocenters. The molecule has 20 aliphatic rings. The van der Waals surface area contributed by atoms with Gasteiger partial charge in [0.2, 0.25) is 0 Å². The summed E-state index contributed by atoms with van der Waals surface area (Å²) in [5, 5.41) is 125. The molecule has 15 N–H and O–H groups in total. The normalized spacial score (nSPS) is 41.5. The van der Waals surface area contributed by atoms with Crippen molar-refractivity contribution in [2.24, 2.45) is 0 Å². The summed E-state index contributed by atoms with van der Waals surface area (Å²) in [6, 6.07) is 17.3. The van der Waals surface area contributed by atoms with Gasteiger partial charge >= 0.3 is 0 Å². The van der Waals surface area contributed by atoms with Crippen molar-refractivity contribution in [3.8, 4) is 57.5 Å². The first-order chi connectivity index (χ1) is 50.4. The van der Waals surface area contributed by atoms with Gasteiger partial charge in [-0.15, -0.1) is 0 Å². The fraction of sp³-hybridized carbons (Fsp3) is 0.549. The van der Waals surface area contributed by atoms with Crippen LogP contribution in [-0.4, -0.2) is 201 Å². The fourth-order valence-corrected chi connectivity index (χ4v) is 25.7. The Kier molecular flexibility index (Phi) is 14.6. The molecule has 10 aliphatic heterocycles. The number of Topliss-reactive ketones (excluding diaryl/α,β-unsaturated/α-hetero) is 4. The third-order valence-electron chi connectivity index (χ3n) is 30.0. The molecule has 10 aliphatic carbocycles. The van der Waals surface area contributed by atoms with Crippen molar-refractivity contribution < 1.29 is 98.7 Å². The fourth-order valence-electron chi connectivity index (χ4n) is 25.7. The van der Waals surface area contributed by atoms with Crippen LogP contribution in [0.5, 0.6) is 57.5 Å². The van der Waals surface area contributed by atoms with E-state index in [4.69, 9.17) is 23.7 Å². The average molecular weight is 1470 g/mol. The maximum absolute atomic E-state index is 12.4. The highest BCUT2D eigenvalue weighted by Gasteiger charge is 2.77. The van der Waals surface area contributed by atoms with Gasteiger partial charge < -0.3 is 101 Å². The van der Waals surface area contributed by atoms with Crippen LogP contribution in [0.1, 0.15) is 154 Å². The average Bonchev–Trinajstić information content (AvgIpc) is 1.60. The van der Waals surface area contributed by atoms with E-state index in [0.29, 0.717) is 144 Å². The summed E-state index contributed by atoms with van der Waals surface area (Å²) in [6.07, 6.45) is 9.76. The predicted octanol–water partition coefficient (Wildman–Crippen LogP) is 3.06. The second kappa shape index (κ2) is 22.5. The standard InChI is InChI=1S/4C16H17NO4.C16H15NO4.2CH4/c5*18-9-2-1-8-7-11-16(20)4-3-10(19)14-15(16,5-6-17-11)12(8)13(9)21-14;;/h4*1-2,11,14,17-18,20H,3-7H2;1-4,11,14,17-18,20H,5-7H2;2*1H4/t5*11-,14+,15+,16-;;/m11111../s1. The number of carbonyl (C=O) groups is 5. The van der Waals surface area contributed by atoms with Gasteiger partial charge in [0.1, 0.15) is 5.60 Å². The summed E-state index contributed by atoms with van der Waals surface area (Å²) in [6.45, 7) is 3.76. The lowest BCUT2D eigenvalue weighted by Crippen LogP contribution is -2.76. The number of piperidine rings is 5. The van der Waals surface area contributed by atoms with E-state index < -0.39 is 85.6 Å². The van der Waals surface area contributed by atoms with E-state index in [1.807, 2.05) is 30.3 Å². The molecule has 0 unspecified atom stereocenters. The number of aromatic hydroxyl groups is 5. The Labute approximate surface area is 616 Å². The minimum atomic E-state index is -1.14. The second-order valence-corrected chi connectivity index (χ2v) is 33.5. The van der Waals surface area contributed by atoms with Crippen molar-refractivity contribution in [2.75, 3.05) is 32.7 Å². The zero-order valence-corrected chi connectivity index (χ0v) is 57.5. The number of ketones is 5. The van der Waals surface area contributed by atoms with Gasteiger partial charge in [0, 0.05) is 83.7 Å². The number of benzene rings is 5. The van der Waals surface area contributed by atoms with E-state index in [1.54, 1.807) is 36.4 Å². The van der Waals surface area contributed by atoms with Gasteiger partial charge in [-0.3, -0.25) is 24.0 Å². The molecule has 25 nitrogen and oxygen atoms in total. The predicted molar refractivity (Wildman–Crippen MR) is 381 cm³/mol. The van der Waals surface area contributed by atoms with Crippen LogP contribution in [0.3, 0.4) is 0 Å². The first kappa shape index (κ1) is 69.3. The summed E-state index contributed by atoms with van der Waals surface area (Å²) in [7, 11) is 0. The summed E-state index contributed by atoms with van der Waals surface area (Å²) in [5.41, 5.74) is 1.31. The highest BCUT2D eigenvalue weighted by atomic mass is 16.5. The molecule has 25 heteroatoms. The Balaban J connectivity index is 0.0000000908. The molecule has 0 amide bonds. The molecular weight excluding hydrogens is 1370 g/mol. The number of nitrogens with one attached hydrogen (secondary N) is 5. The molecule has 0 aromatic heterocycles. The number of carbonyl (C=O) groups excluding carboxylic acids is 5. The van der Waals surface area contributed by atoms with Crippen molar-refractivity contribution in [3.05, 3.63) is 128 Å². The largest absolute Gasteiger partial charge is 0.504 e. The third-order valence-corrected chi connectivity index (χ3v) is 30.0. The van der Waals surface area contributed by atoms with Crippen molar-refractivity contribution in [1.29, 1.82) is 0 Å². The Bertz CT molecular complexity index is 4360. The second-order valence-electron chi connectivity index (χ2n) is 33.5. The lowest BCUT2D eigenvalue weighted by atomic mass is 9.49. The number of rotatable bonds is 0. The smallest absolute Gasteiger partial charge is 0.196 e. The van der Waals surface area contributed by atoms with Gasteiger partial charge in [0.15, 0.2) is 117 Å². The van der Waals surface area contributed by atoms with Gasteiger partial charge in [-0.2, -0.15) is 0 Å². The number of ether oxygens (including phenoxy) is 5. The van der Waals surface area contributed by atoms with E-state index >= 15 is 0 Å². The minimum absolute atomic E-state index is 0. The molecule has 5 aromatic rings. The van der Waals surface area contributed by atoms with Crippen LogP contribution in [0.4, 0.5) is 0 Å². The number of phenols is 5. The maximum Gasteiger partial charge on any atom is 0.196 e. The molecule has 107 heavy (non-hydrogen) atoms. The molecule has 10 heterocycles. The molecule has 0 radical (unpaired) electrons. The molecule has 10 bridgehead atoms. The highest BCUT2D eigenvalue weighted by Crippen LogP contribution is 2.69. The molecule has 9 fully saturated rings. The van der Waals surface area contributed by atoms with Crippen LogP contribution in [0.25, 0.3) is 0 Å². The van der Waals surface area contributed by atoms with Gasteiger partial charge in [-0.05, 0) is 193 Å². The molecule has 5 saturated heterocycles. The van der Waals surface area contributed by atoms with E-state index in [1.165, 1.54) is 6.08 Å². The molecule has 4 saturated carbocycles. The van der Waals surface area contributed by atoms with Crippen LogP contribution in [-0.2, 0) is 83.2 Å². The van der Waals surface area contributed by atoms with Gasteiger partial charge in [0.05, 0.1) is 49.5 Å². The number of phenolic OH excluding ortho intramolecular Hbond substituents is 5. The van der Waals surface area contributed by atoms with Crippen LogP contribution < -0.4 is 50.3 Å². The van der Waals surface area contributed by atoms with Crippen molar-refractivity contribution in [3.63, 3.8) is 0 Å². The number of hydrogen-bond acceptors (Lipinski definition) is 25. The van der Waals surface area contributed by atoms with Crippen molar-refractivity contribution in [1.82, 2.24) is 26.6 Å². The Hall–Kier alpha value is -8.21. The van der Waals surface area contributed by atoms with Crippen LogP contribution in [0.15, 0.2) is 72.8 Å². The Morgan fingerprint density at radius 1 is 0.308 bits per heavy atom. The summed E-state index contributed by atoms with van der Waals surface area (Å²) >= 11 is 0. The van der Waals surface area contributed by atoms with Gasteiger partial charge in [-0.25, -0.2) is 0 Å². The van der Waals surface area contributed by atoms with Gasteiger partial charge in [0.25, 0.3) is 0 Å². The molecule has 25 rings (SSSR count).